The van der Waals surface area contributed by atoms with Gasteiger partial charge in [0.1, 0.15) is 11.6 Å². The lowest BCUT2D eigenvalue weighted by atomic mass is 9.76. The summed E-state index contributed by atoms with van der Waals surface area (Å²) in [4.78, 5) is 38.4. The topological polar surface area (TPSA) is 105 Å². The van der Waals surface area contributed by atoms with Crippen molar-refractivity contribution in [1.29, 1.82) is 0 Å². The minimum absolute atomic E-state index is 0.0206. The summed E-state index contributed by atoms with van der Waals surface area (Å²) in [5.74, 6) is 1.15. The van der Waals surface area contributed by atoms with Crippen LogP contribution in [0.1, 0.15) is 67.5 Å². The third-order valence-corrected chi connectivity index (χ3v) is 6.16. The highest BCUT2D eigenvalue weighted by molar-refractivity contribution is 5.92. The maximum atomic E-state index is 12.6. The molecule has 1 saturated heterocycles. The molecule has 3 N–H and O–H groups in total. The van der Waals surface area contributed by atoms with E-state index in [1.54, 1.807) is 6.07 Å². The molecule has 0 saturated carbocycles. The van der Waals surface area contributed by atoms with E-state index in [2.05, 4.69) is 35.6 Å². The Balaban J connectivity index is 1.58. The molecule has 1 amide bonds. The fourth-order valence-corrected chi connectivity index (χ4v) is 4.38. The van der Waals surface area contributed by atoms with Gasteiger partial charge in [0.05, 0.1) is 11.3 Å². The number of H-pyrrole nitrogens is 1. The summed E-state index contributed by atoms with van der Waals surface area (Å²) in [5, 5.41) is 0. The molecule has 0 atom stereocenters. The number of anilines is 1. The van der Waals surface area contributed by atoms with Gasteiger partial charge in [-0.2, -0.15) is 0 Å². The van der Waals surface area contributed by atoms with Gasteiger partial charge in [-0.1, -0.05) is 20.8 Å². The lowest BCUT2D eigenvalue weighted by Crippen LogP contribution is -2.43. The van der Waals surface area contributed by atoms with Crippen molar-refractivity contribution in [3.8, 4) is 0 Å². The minimum Gasteiger partial charge on any atom is -0.366 e. The molecule has 148 valence electrons. The fourth-order valence-electron chi connectivity index (χ4n) is 4.38. The second-order valence-corrected chi connectivity index (χ2v) is 9.03. The molecule has 2 aromatic rings. The number of nitrogens with two attached hydrogens (primary N) is 1. The first-order chi connectivity index (χ1) is 13.2. The highest BCUT2D eigenvalue weighted by Gasteiger charge is 2.44. The maximum Gasteiger partial charge on any atom is 0.254 e. The minimum atomic E-state index is -0.467. The number of amides is 1. The molecule has 1 aliphatic carbocycles. The number of carbonyl (C=O) groups excluding carboxylic acids is 1. The van der Waals surface area contributed by atoms with E-state index in [1.807, 2.05) is 6.07 Å². The summed E-state index contributed by atoms with van der Waals surface area (Å²) in [5.41, 5.74) is 7.40. The first kappa shape index (κ1) is 18.7. The Bertz CT molecular complexity index is 964. The van der Waals surface area contributed by atoms with E-state index in [4.69, 9.17) is 10.7 Å². The Labute approximate surface area is 164 Å². The lowest BCUT2D eigenvalue weighted by Gasteiger charge is -2.40. The molecule has 3 heterocycles. The van der Waals surface area contributed by atoms with Crippen LogP contribution in [0.2, 0.25) is 0 Å². The number of hydrogen-bond donors (Lipinski definition) is 2. The monoisotopic (exact) mass is 381 g/mol. The lowest BCUT2D eigenvalue weighted by molar-refractivity contribution is 0.1000. The van der Waals surface area contributed by atoms with E-state index >= 15 is 0 Å². The number of fused-ring (bicyclic) bond motifs is 2. The second-order valence-electron chi connectivity index (χ2n) is 9.03. The van der Waals surface area contributed by atoms with E-state index in [-0.39, 0.29) is 16.4 Å². The first-order valence-electron chi connectivity index (χ1n) is 9.85. The van der Waals surface area contributed by atoms with Crippen LogP contribution in [0.4, 0.5) is 5.82 Å². The van der Waals surface area contributed by atoms with Crippen LogP contribution < -0.4 is 16.2 Å². The third-order valence-electron chi connectivity index (χ3n) is 6.16. The molecule has 2 aliphatic rings. The molecule has 7 nitrogen and oxygen atoms in total. The molecule has 7 heteroatoms. The highest BCUT2D eigenvalue weighted by atomic mass is 16.1. The van der Waals surface area contributed by atoms with Crippen molar-refractivity contribution in [2.75, 3.05) is 18.0 Å². The SMILES string of the molecule is CC(C)(C)c1nc2c(c(=O)[nH]1)CCC21CCN(c2ccc(C(N)=O)cn2)CC1. The fraction of sp³-hybridized carbons (Fsp3) is 0.524. The van der Waals surface area contributed by atoms with E-state index in [0.29, 0.717) is 5.56 Å². The number of nitrogens with one attached hydrogen (secondary N) is 1. The largest absolute Gasteiger partial charge is 0.366 e. The van der Waals surface area contributed by atoms with Crippen LogP contribution in [0.5, 0.6) is 0 Å². The Morgan fingerprint density at radius 3 is 2.50 bits per heavy atom. The summed E-state index contributed by atoms with van der Waals surface area (Å²) in [6, 6.07) is 3.57. The van der Waals surface area contributed by atoms with Gasteiger partial charge in [-0.15, -0.1) is 0 Å². The Morgan fingerprint density at radius 2 is 1.93 bits per heavy atom. The smallest absolute Gasteiger partial charge is 0.254 e. The number of carbonyl (C=O) groups is 1. The summed E-state index contributed by atoms with van der Waals surface area (Å²) in [7, 11) is 0. The number of aromatic amines is 1. The maximum absolute atomic E-state index is 12.6. The summed E-state index contributed by atoms with van der Waals surface area (Å²) in [6.45, 7) is 7.92. The van der Waals surface area contributed by atoms with Crippen LogP contribution in [0.25, 0.3) is 0 Å². The van der Waals surface area contributed by atoms with Crippen LogP contribution in [0, 0.1) is 0 Å². The van der Waals surface area contributed by atoms with Gasteiger partial charge in [0.25, 0.3) is 5.56 Å². The van der Waals surface area contributed by atoms with Crippen LogP contribution in [-0.4, -0.2) is 33.9 Å². The van der Waals surface area contributed by atoms with Crippen LogP contribution in [-0.2, 0) is 17.3 Å². The Hall–Kier alpha value is -2.70. The van der Waals surface area contributed by atoms with Gasteiger partial charge in [-0.3, -0.25) is 9.59 Å². The van der Waals surface area contributed by atoms with E-state index in [0.717, 1.165) is 61.7 Å². The number of pyridine rings is 1. The molecule has 0 aromatic carbocycles. The standard InChI is InChI=1S/C21H27N5O2/c1-20(2,3)19-24-16-14(18(28)25-19)6-7-21(16)8-10-26(11-9-21)15-5-4-13(12-23-15)17(22)27/h4-5,12H,6-11H2,1-3H3,(H2,22,27)(H,24,25,28). The molecule has 1 spiro atoms. The molecule has 1 fully saturated rings. The number of primary amides is 1. The molecular weight excluding hydrogens is 354 g/mol. The van der Waals surface area contributed by atoms with Crippen LogP contribution in [0.15, 0.2) is 23.1 Å². The molecule has 2 aromatic heterocycles. The van der Waals surface area contributed by atoms with Crippen molar-refractivity contribution in [2.24, 2.45) is 5.73 Å². The summed E-state index contributed by atoms with van der Waals surface area (Å²) >= 11 is 0. The zero-order chi connectivity index (χ0) is 20.1. The average molecular weight is 381 g/mol. The first-order valence-corrected chi connectivity index (χ1v) is 9.85. The van der Waals surface area contributed by atoms with Crippen molar-refractivity contribution in [2.45, 2.75) is 57.3 Å². The molecule has 1 aliphatic heterocycles. The van der Waals surface area contributed by atoms with Crippen molar-refractivity contribution < 1.29 is 4.79 Å². The predicted molar refractivity (Wildman–Crippen MR) is 108 cm³/mol. The number of rotatable bonds is 2. The zero-order valence-electron chi connectivity index (χ0n) is 16.7. The normalized spacial score (nSPS) is 18.3. The van der Waals surface area contributed by atoms with Crippen molar-refractivity contribution >= 4 is 11.7 Å². The van der Waals surface area contributed by atoms with Crippen molar-refractivity contribution in [3.05, 3.63) is 51.3 Å². The third kappa shape index (κ3) is 3.08. The van der Waals surface area contributed by atoms with Gasteiger partial charge < -0.3 is 15.6 Å². The number of hydrogen-bond acceptors (Lipinski definition) is 5. The van der Waals surface area contributed by atoms with Gasteiger partial charge in [-0.25, -0.2) is 9.97 Å². The highest BCUT2D eigenvalue weighted by Crippen LogP contribution is 2.45. The van der Waals surface area contributed by atoms with E-state index in [1.165, 1.54) is 6.20 Å². The van der Waals surface area contributed by atoms with E-state index in [9.17, 15) is 9.59 Å². The number of aromatic nitrogens is 3. The number of nitrogens with zero attached hydrogens (tertiary/aromatic N) is 3. The summed E-state index contributed by atoms with van der Waals surface area (Å²) < 4.78 is 0. The Morgan fingerprint density at radius 1 is 1.21 bits per heavy atom. The molecular formula is C21H27N5O2. The van der Waals surface area contributed by atoms with Gasteiger partial charge in [-0.05, 0) is 37.8 Å². The number of piperidine rings is 1. The Kier molecular flexibility index (Phi) is 4.28. The second kappa shape index (κ2) is 6.43. The molecule has 0 unspecified atom stereocenters. The zero-order valence-corrected chi connectivity index (χ0v) is 16.7. The quantitative estimate of drug-likeness (QED) is 0.828. The van der Waals surface area contributed by atoms with Gasteiger partial charge in [0.2, 0.25) is 5.91 Å². The molecule has 28 heavy (non-hydrogen) atoms. The predicted octanol–water partition coefficient (Wildman–Crippen LogP) is 2.05. The molecule has 0 radical (unpaired) electrons. The summed E-state index contributed by atoms with van der Waals surface area (Å²) in [6.07, 6.45) is 5.20. The van der Waals surface area contributed by atoms with Crippen LogP contribution >= 0.6 is 0 Å². The average Bonchev–Trinajstić information content (AvgIpc) is 3.01. The van der Waals surface area contributed by atoms with Crippen LogP contribution in [0.3, 0.4) is 0 Å². The van der Waals surface area contributed by atoms with Crippen molar-refractivity contribution in [1.82, 2.24) is 15.0 Å². The van der Waals surface area contributed by atoms with Gasteiger partial charge >= 0.3 is 0 Å². The van der Waals surface area contributed by atoms with Gasteiger partial charge in [0, 0.05) is 35.7 Å². The molecule has 4 rings (SSSR count). The van der Waals surface area contributed by atoms with E-state index < -0.39 is 5.91 Å². The van der Waals surface area contributed by atoms with Crippen molar-refractivity contribution in [3.63, 3.8) is 0 Å². The molecule has 0 bridgehead atoms. The van der Waals surface area contributed by atoms with Gasteiger partial charge in [0.15, 0.2) is 0 Å².